The molecule has 0 aliphatic rings. The molecule has 256 valence electrons. The van der Waals surface area contributed by atoms with E-state index in [-0.39, 0.29) is 12.4 Å². The van der Waals surface area contributed by atoms with Gasteiger partial charge in [0, 0.05) is 18.1 Å². The second kappa shape index (κ2) is 36.4. The predicted molar refractivity (Wildman–Crippen MR) is 194 cm³/mol. The lowest BCUT2D eigenvalue weighted by atomic mass is 10.0. The Bertz CT molecular complexity index is 739. The van der Waals surface area contributed by atoms with Crippen molar-refractivity contribution in [3.05, 3.63) is 54.4 Å². The third-order valence-electron chi connectivity index (χ3n) is 9.07. The van der Waals surface area contributed by atoms with Gasteiger partial charge in [-0.15, -0.1) is 0 Å². The summed E-state index contributed by atoms with van der Waals surface area (Å²) in [6.45, 7) is 5.77. The molecular formula is C42H76ClN. The SMILES string of the molecule is CCCCCCCC/C=C\CCCCCCCCCc1ccc[n+](CCCCCCCC/C=C\CCCCCCCC)c1.[Cl-]. The van der Waals surface area contributed by atoms with Crippen LogP contribution in [0.4, 0.5) is 0 Å². The molecule has 0 amide bonds. The summed E-state index contributed by atoms with van der Waals surface area (Å²) in [6.07, 6.45) is 55.8. The molecule has 0 spiro atoms. The highest BCUT2D eigenvalue weighted by Gasteiger charge is 2.03. The standard InChI is InChI=1S/C42H76N.ClH/c1-3-5-7-9-11-13-15-17-19-21-22-24-26-28-30-32-34-37-42-38-36-40-43(41-42)39-35-33-31-29-27-25-23-20-18-16-14-12-10-8-6-4-2;/h17-20,36,38,40-41H,3-16,21-35,37,39H2,1-2H3;1H/q+1;/p-1/b19-17-,20-18-;. The Kier molecular flexibility index (Phi) is 35.5. The zero-order chi connectivity index (χ0) is 30.7. The van der Waals surface area contributed by atoms with Crippen LogP contribution >= 0.6 is 0 Å². The van der Waals surface area contributed by atoms with Crippen molar-refractivity contribution in [1.82, 2.24) is 0 Å². The van der Waals surface area contributed by atoms with E-state index in [1.54, 1.807) is 0 Å². The van der Waals surface area contributed by atoms with E-state index < -0.39 is 0 Å². The topological polar surface area (TPSA) is 3.88 Å². The molecule has 1 aromatic heterocycles. The summed E-state index contributed by atoms with van der Waals surface area (Å²) in [4.78, 5) is 0. The van der Waals surface area contributed by atoms with Crippen LogP contribution in [-0.2, 0) is 13.0 Å². The fourth-order valence-corrected chi connectivity index (χ4v) is 6.16. The van der Waals surface area contributed by atoms with Crippen LogP contribution in [0.3, 0.4) is 0 Å². The van der Waals surface area contributed by atoms with E-state index >= 15 is 0 Å². The average Bonchev–Trinajstić information content (AvgIpc) is 3.02. The molecule has 0 N–H and O–H groups in total. The predicted octanol–water partition coefficient (Wildman–Crippen LogP) is 11.0. The smallest absolute Gasteiger partial charge is 0.171 e. The number of aromatic nitrogens is 1. The molecule has 0 atom stereocenters. The largest absolute Gasteiger partial charge is 1.00 e. The van der Waals surface area contributed by atoms with Gasteiger partial charge in [0.25, 0.3) is 0 Å². The first kappa shape index (κ1) is 42.9. The number of halogens is 1. The molecule has 1 rings (SSSR count). The lowest BCUT2D eigenvalue weighted by Gasteiger charge is -2.03. The van der Waals surface area contributed by atoms with Gasteiger partial charge in [0.1, 0.15) is 6.54 Å². The van der Waals surface area contributed by atoms with Gasteiger partial charge < -0.3 is 12.4 Å². The zero-order valence-electron chi connectivity index (χ0n) is 29.9. The minimum absolute atomic E-state index is 0. The van der Waals surface area contributed by atoms with E-state index in [9.17, 15) is 0 Å². The fourth-order valence-electron chi connectivity index (χ4n) is 6.16. The van der Waals surface area contributed by atoms with Crippen LogP contribution in [0.2, 0.25) is 0 Å². The quantitative estimate of drug-likeness (QED) is 0.0413. The molecule has 0 unspecified atom stereocenters. The van der Waals surface area contributed by atoms with Crippen LogP contribution in [0, 0.1) is 0 Å². The highest BCUT2D eigenvalue weighted by Crippen LogP contribution is 2.13. The highest BCUT2D eigenvalue weighted by atomic mass is 35.5. The number of aryl methyl sites for hydroxylation is 2. The summed E-state index contributed by atoms with van der Waals surface area (Å²) in [7, 11) is 0. The van der Waals surface area contributed by atoms with Crippen molar-refractivity contribution < 1.29 is 17.0 Å². The van der Waals surface area contributed by atoms with Crippen LogP contribution in [0.5, 0.6) is 0 Å². The maximum atomic E-state index is 2.44. The summed E-state index contributed by atoms with van der Waals surface area (Å²) in [5, 5.41) is 0. The van der Waals surface area contributed by atoms with Crippen LogP contribution in [-0.4, -0.2) is 0 Å². The van der Waals surface area contributed by atoms with Gasteiger partial charge in [0.2, 0.25) is 0 Å². The van der Waals surface area contributed by atoms with Crippen LogP contribution < -0.4 is 17.0 Å². The number of hydrogen-bond donors (Lipinski definition) is 0. The van der Waals surface area contributed by atoms with E-state index in [0.717, 1.165) is 0 Å². The summed E-state index contributed by atoms with van der Waals surface area (Å²) < 4.78 is 2.44. The van der Waals surface area contributed by atoms with Gasteiger partial charge >= 0.3 is 0 Å². The molecule has 2 heteroatoms. The number of nitrogens with zero attached hydrogens (tertiary/aromatic N) is 1. The van der Waals surface area contributed by atoms with Crippen molar-refractivity contribution >= 4 is 0 Å². The number of allylic oxidation sites excluding steroid dienone is 4. The second-order valence-corrected chi connectivity index (χ2v) is 13.4. The Hall–Kier alpha value is -1.08. The van der Waals surface area contributed by atoms with Crippen LogP contribution in [0.1, 0.15) is 206 Å². The molecule has 1 heterocycles. The van der Waals surface area contributed by atoms with Crippen molar-refractivity contribution in [3.63, 3.8) is 0 Å². The Labute approximate surface area is 283 Å². The van der Waals surface area contributed by atoms with Crippen LogP contribution in [0.15, 0.2) is 48.8 Å². The Balaban J connectivity index is 0.0000185. The average molecular weight is 631 g/mol. The molecule has 0 radical (unpaired) electrons. The van der Waals surface area contributed by atoms with Crippen molar-refractivity contribution in [3.8, 4) is 0 Å². The molecule has 0 aromatic carbocycles. The molecule has 0 aliphatic carbocycles. The minimum atomic E-state index is 0. The number of pyridine rings is 1. The lowest BCUT2D eigenvalue weighted by Crippen LogP contribution is -3.00. The Morgan fingerprint density at radius 3 is 1.25 bits per heavy atom. The molecule has 0 fully saturated rings. The number of rotatable bonds is 33. The van der Waals surface area contributed by atoms with Gasteiger partial charge in [0.15, 0.2) is 12.4 Å². The zero-order valence-corrected chi connectivity index (χ0v) is 30.6. The van der Waals surface area contributed by atoms with Crippen molar-refractivity contribution in [2.24, 2.45) is 0 Å². The first-order chi connectivity index (χ1) is 21.4. The van der Waals surface area contributed by atoms with Gasteiger partial charge in [-0.05, 0) is 76.7 Å². The third-order valence-corrected chi connectivity index (χ3v) is 9.07. The van der Waals surface area contributed by atoms with Gasteiger partial charge in [0.05, 0.1) is 0 Å². The molecular weight excluding hydrogens is 554 g/mol. The fraction of sp³-hybridized carbons (Fsp3) is 0.786. The number of hydrogen-bond acceptors (Lipinski definition) is 0. The van der Waals surface area contributed by atoms with Gasteiger partial charge in [-0.25, -0.2) is 4.57 Å². The summed E-state index contributed by atoms with van der Waals surface area (Å²) in [6, 6.07) is 4.59. The summed E-state index contributed by atoms with van der Waals surface area (Å²) in [5.74, 6) is 0. The van der Waals surface area contributed by atoms with Crippen molar-refractivity contribution in [2.45, 2.75) is 213 Å². The van der Waals surface area contributed by atoms with Crippen molar-refractivity contribution in [2.75, 3.05) is 0 Å². The van der Waals surface area contributed by atoms with E-state index in [0.29, 0.717) is 0 Å². The first-order valence-electron chi connectivity index (χ1n) is 19.6. The molecule has 1 nitrogen and oxygen atoms in total. The second-order valence-electron chi connectivity index (χ2n) is 13.4. The lowest BCUT2D eigenvalue weighted by molar-refractivity contribution is -0.697. The first-order valence-corrected chi connectivity index (χ1v) is 19.6. The summed E-state index contributed by atoms with van der Waals surface area (Å²) >= 11 is 0. The van der Waals surface area contributed by atoms with Crippen LogP contribution in [0.25, 0.3) is 0 Å². The molecule has 0 bridgehead atoms. The Morgan fingerprint density at radius 2 is 0.818 bits per heavy atom. The van der Waals surface area contributed by atoms with Gasteiger partial charge in [-0.3, -0.25) is 0 Å². The maximum Gasteiger partial charge on any atom is 0.171 e. The molecule has 0 aliphatic heterocycles. The third kappa shape index (κ3) is 30.9. The molecule has 1 aromatic rings. The van der Waals surface area contributed by atoms with E-state index in [1.807, 2.05) is 0 Å². The molecule has 0 saturated carbocycles. The molecule has 44 heavy (non-hydrogen) atoms. The van der Waals surface area contributed by atoms with Gasteiger partial charge in [-0.2, -0.15) is 0 Å². The van der Waals surface area contributed by atoms with Gasteiger partial charge in [-0.1, -0.05) is 154 Å². The number of unbranched alkanes of at least 4 members (excludes halogenated alkanes) is 25. The highest BCUT2D eigenvalue weighted by molar-refractivity contribution is 5.05. The van der Waals surface area contributed by atoms with E-state index in [4.69, 9.17) is 0 Å². The summed E-state index contributed by atoms with van der Waals surface area (Å²) in [5.41, 5.74) is 1.53. The van der Waals surface area contributed by atoms with Crippen molar-refractivity contribution in [1.29, 1.82) is 0 Å². The minimum Gasteiger partial charge on any atom is -1.00 e. The van der Waals surface area contributed by atoms with E-state index in [1.165, 1.54) is 205 Å². The normalized spacial score (nSPS) is 11.6. The maximum absolute atomic E-state index is 2.44. The van der Waals surface area contributed by atoms with E-state index in [2.05, 4.69) is 67.2 Å². The molecule has 0 saturated heterocycles. The monoisotopic (exact) mass is 630 g/mol. The Morgan fingerprint density at radius 1 is 0.455 bits per heavy atom.